The van der Waals surface area contributed by atoms with Gasteiger partial charge in [-0.3, -0.25) is 0 Å². The lowest BCUT2D eigenvalue weighted by atomic mass is 9.87. The molecule has 3 heteroatoms. The molecule has 0 fully saturated rings. The van der Waals surface area contributed by atoms with Gasteiger partial charge in [0.2, 0.25) is 0 Å². The van der Waals surface area contributed by atoms with Crippen LogP contribution in [0, 0.1) is 0 Å². The van der Waals surface area contributed by atoms with E-state index in [9.17, 15) is 10.2 Å². The molecule has 1 aromatic carbocycles. The summed E-state index contributed by atoms with van der Waals surface area (Å²) < 4.78 is 5.15. The van der Waals surface area contributed by atoms with Crippen LogP contribution >= 0.6 is 0 Å². The maximum absolute atomic E-state index is 9.70. The van der Waals surface area contributed by atoms with Gasteiger partial charge in [-0.15, -0.1) is 0 Å². The highest BCUT2D eigenvalue weighted by molar-refractivity contribution is 5.41. The van der Waals surface area contributed by atoms with Crippen LogP contribution in [0.25, 0.3) is 0 Å². The summed E-state index contributed by atoms with van der Waals surface area (Å²) in [4.78, 5) is 0. The van der Waals surface area contributed by atoms with E-state index >= 15 is 0 Å². The van der Waals surface area contributed by atoms with Crippen molar-refractivity contribution in [1.82, 2.24) is 0 Å². The van der Waals surface area contributed by atoms with Gasteiger partial charge in [0, 0.05) is 20.0 Å². The van der Waals surface area contributed by atoms with Gasteiger partial charge in [0.05, 0.1) is 12.2 Å². The van der Waals surface area contributed by atoms with Crippen LogP contribution in [0.1, 0.15) is 11.1 Å². The highest BCUT2D eigenvalue weighted by Crippen LogP contribution is 2.29. The van der Waals surface area contributed by atoms with Crippen molar-refractivity contribution in [3.63, 3.8) is 0 Å². The summed E-state index contributed by atoms with van der Waals surface area (Å²) in [5.74, 6) is 0.302. The molecule has 0 bridgehead atoms. The van der Waals surface area contributed by atoms with Crippen LogP contribution < -0.4 is 0 Å². The number of hydrogen-bond donors (Lipinski definition) is 2. The number of phenolic OH excluding ortho intramolecular Hbond substituents is 1. The molecule has 2 unspecified atom stereocenters. The zero-order valence-corrected chi connectivity index (χ0v) is 8.10. The fourth-order valence-corrected chi connectivity index (χ4v) is 1.98. The fourth-order valence-electron chi connectivity index (χ4n) is 1.98. The Labute approximate surface area is 83.0 Å². The molecule has 0 radical (unpaired) electrons. The second-order valence-corrected chi connectivity index (χ2v) is 3.66. The lowest BCUT2D eigenvalue weighted by molar-refractivity contribution is -0.0165. The van der Waals surface area contributed by atoms with Crippen LogP contribution in [0.15, 0.2) is 18.2 Å². The van der Waals surface area contributed by atoms with Crippen LogP contribution in [0.4, 0.5) is 0 Å². The number of aliphatic hydroxyl groups is 1. The first kappa shape index (κ1) is 9.49. The smallest absolute Gasteiger partial charge is 0.119 e. The number of hydrogen-bond acceptors (Lipinski definition) is 3. The van der Waals surface area contributed by atoms with E-state index in [1.54, 1.807) is 19.2 Å². The van der Waals surface area contributed by atoms with E-state index in [0.29, 0.717) is 18.6 Å². The van der Waals surface area contributed by atoms with E-state index in [-0.39, 0.29) is 6.10 Å². The summed E-state index contributed by atoms with van der Waals surface area (Å²) >= 11 is 0. The SMILES string of the molecule is COC1Cc2c(O)cccc2CC1O. The zero-order valence-electron chi connectivity index (χ0n) is 8.10. The molecule has 0 saturated heterocycles. The van der Waals surface area contributed by atoms with E-state index in [0.717, 1.165) is 11.1 Å². The predicted molar refractivity (Wildman–Crippen MR) is 52.3 cm³/mol. The molecule has 0 saturated carbocycles. The molecule has 0 heterocycles. The Morgan fingerprint density at radius 1 is 1.36 bits per heavy atom. The van der Waals surface area contributed by atoms with Gasteiger partial charge in [0.1, 0.15) is 5.75 Å². The van der Waals surface area contributed by atoms with Gasteiger partial charge in [-0.2, -0.15) is 0 Å². The lowest BCUT2D eigenvalue weighted by Gasteiger charge is -2.28. The molecule has 0 aliphatic heterocycles. The van der Waals surface area contributed by atoms with Gasteiger partial charge in [0.15, 0.2) is 0 Å². The Morgan fingerprint density at radius 3 is 2.86 bits per heavy atom. The minimum absolute atomic E-state index is 0.198. The Bertz CT molecular complexity index is 335. The van der Waals surface area contributed by atoms with Gasteiger partial charge in [-0.25, -0.2) is 0 Å². The Kier molecular flexibility index (Phi) is 2.44. The maximum Gasteiger partial charge on any atom is 0.119 e. The van der Waals surface area contributed by atoms with Crippen molar-refractivity contribution in [3.8, 4) is 5.75 Å². The molecule has 14 heavy (non-hydrogen) atoms. The van der Waals surface area contributed by atoms with E-state index in [4.69, 9.17) is 4.74 Å². The molecule has 1 aromatic rings. The largest absolute Gasteiger partial charge is 0.508 e. The van der Waals surface area contributed by atoms with Crippen LogP contribution in [0.2, 0.25) is 0 Å². The first-order chi connectivity index (χ1) is 6.72. The van der Waals surface area contributed by atoms with E-state index in [1.807, 2.05) is 6.07 Å². The first-order valence-corrected chi connectivity index (χ1v) is 4.73. The third-order valence-corrected chi connectivity index (χ3v) is 2.81. The molecule has 76 valence electrons. The topological polar surface area (TPSA) is 49.7 Å². The number of rotatable bonds is 1. The van der Waals surface area contributed by atoms with Gasteiger partial charge in [-0.1, -0.05) is 12.1 Å². The molecular formula is C11H14O3. The average molecular weight is 194 g/mol. The summed E-state index contributed by atoms with van der Waals surface area (Å²) in [7, 11) is 1.58. The van der Waals surface area contributed by atoms with Gasteiger partial charge in [-0.05, 0) is 17.2 Å². The Morgan fingerprint density at radius 2 is 2.14 bits per heavy atom. The average Bonchev–Trinajstić information content (AvgIpc) is 2.17. The summed E-state index contributed by atoms with van der Waals surface area (Å²) in [6.07, 6.45) is 0.479. The number of benzene rings is 1. The molecule has 2 rings (SSSR count). The Hall–Kier alpha value is -1.06. The molecule has 1 aliphatic rings. The highest BCUT2D eigenvalue weighted by atomic mass is 16.5. The van der Waals surface area contributed by atoms with Crippen LogP contribution in [0.3, 0.4) is 0 Å². The first-order valence-electron chi connectivity index (χ1n) is 4.73. The van der Waals surface area contributed by atoms with Crippen LogP contribution in [-0.4, -0.2) is 29.5 Å². The van der Waals surface area contributed by atoms with Crippen molar-refractivity contribution in [2.24, 2.45) is 0 Å². The second-order valence-electron chi connectivity index (χ2n) is 3.66. The third-order valence-electron chi connectivity index (χ3n) is 2.81. The van der Waals surface area contributed by atoms with Crippen molar-refractivity contribution in [2.75, 3.05) is 7.11 Å². The molecule has 2 atom stereocenters. The fraction of sp³-hybridized carbons (Fsp3) is 0.455. The number of ether oxygens (including phenoxy) is 1. The molecule has 3 nitrogen and oxygen atoms in total. The van der Waals surface area contributed by atoms with E-state index in [2.05, 4.69) is 0 Å². The normalized spacial score (nSPS) is 25.9. The molecule has 0 amide bonds. The van der Waals surface area contributed by atoms with Crippen molar-refractivity contribution in [2.45, 2.75) is 25.0 Å². The molecule has 1 aliphatic carbocycles. The van der Waals surface area contributed by atoms with Gasteiger partial charge < -0.3 is 14.9 Å². The summed E-state index contributed by atoms with van der Waals surface area (Å²) in [6.45, 7) is 0. The quantitative estimate of drug-likeness (QED) is 0.697. The van der Waals surface area contributed by atoms with Gasteiger partial charge >= 0.3 is 0 Å². The Balaban J connectivity index is 2.36. The zero-order chi connectivity index (χ0) is 10.1. The lowest BCUT2D eigenvalue weighted by Crippen LogP contribution is -2.36. The standard InChI is InChI=1S/C11H14O3/c1-14-11-6-8-7(5-10(11)13)3-2-4-9(8)12/h2-4,10-13H,5-6H2,1H3. The van der Waals surface area contributed by atoms with E-state index < -0.39 is 6.10 Å². The number of phenols is 1. The second kappa shape index (κ2) is 3.59. The predicted octanol–water partition coefficient (Wildman–Crippen LogP) is 0.867. The number of methoxy groups -OCH3 is 1. The number of aromatic hydroxyl groups is 1. The minimum atomic E-state index is -0.464. The summed E-state index contributed by atoms with van der Waals surface area (Å²) in [5, 5.41) is 19.3. The number of fused-ring (bicyclic) bond motifs is 1. The minimum Gasteiger partial charge on any atom is -0.508 e. The number of aliphatic hydroxyl groups excluding tert-OH is 1. The van der Waals surface area contributed by atoms with Crippen molar-refractivity contribution < 1.29 is 14.9 Å². The highest BCUT2D eigenvalue weighted by Gasteiger charge is 2.28. The van der Waals surface area contributed by atoms with Crippen molar-refractivity contribution in [1.29, 1.82) is 0 Å². The van der Waals surface area contributed by atoms with Crippen LogP contribution in [0.5, 0.6) is 5.75 Å². The van der Waals surface area contributed by atoms with E-state index in [1.165, 1.54) is 0 Å². The molecular weight excluding hydrogens is 180 g/mol. The van der Waals surface area contributed by atoms with Gasteiger partial charge in [0.25, 0.3) is 0 Å². The third kappa shape index (κ3) is 1.49. The summed E-state index contributed by atoms with van der Waals surface area (Å²) in [5.41, 5.74) is 1.93. The van der Waals surface area contributed by atoms with Crippen LogP contribution in [-0.2, 0) is 17.6 Å². The molecule has 0 aromatic heterocycles. The maximum atomic E-state index is 9.70. The van der Waals surface area contributed by atoms with Crippen molar-refractivity contribution in [3.05, 3.63) is 29.3 Å². The monoisotopic (exact) mass is 194 g/mol. The van der Waals surface area contributed by atoms with Crippen molar-refractivity contribution >= 4 is 0 Å². The molecule has 2 N–H and O–H groups in total. The molecule has 0 spiro atoms. The summed E-state index contributed by atoms with van der Waals surface area (Å²) in [6, 6.07) is 5.40.